The standard InChI is InChI=1S/C17H32N2O2/c1-18-9-5-15-4-2-3-10-19(15)16-6-11-21-17(14-16)7-12-20-13-8-17/h15-16,18H,2-14H2,1H3. The molecule has 0 saturated carbocycles. The first-order valence-corrected chi connectivity index (χ1v) is 8.95. The molecule has 0 aromatic heterocycles. The van der Waals surface area contributed by atoms with Crippen LogP contribution in [0.1, 0.15) is 51.4 Å². The predicted octanol–water partition coefficient (Wildman–Crippen LogP) is 2.18. The van der Waals surface area contributed by atoms with Crippen LogP contribution in [0.25, 0.3) is 0 Å². The Bertz CT molecular complexity index is 312. The number of hydrogen-bond donors (Lipinski definition) is 1. The molecule has 3 heterocycles. The van der Waals surface area contributed by atoms with Crippen LogP contribution in [0.4, 0.5) is 0 Å². The molecule has 1 spiro atoms. The lowest BCUT2D eigenvalue weighted by atomic mass is 9.82. The number of ether oxygens (including phenoxy) is 2. The van der Waals surface area contributed by atoms with Gasteiger partial charge in [0.15, 0.2) is 0 Å². The minimum Gasteiger partial charge on any atom is -0.381 e. The summed E-state index contributed by atoms with van der Waals surface area (Å²) in [5.74, 6) is 0. The van der Waals surface area contributed by atoms with Gasteiger partial charge in [-0.2, -0.15) is 0 Å². The van der Waals surface area contributed by atoms with Crippen molar-refractivity contribution in [1.29, 1.82) is 0 Å². The molecule has 0 aliphatic carbocycles. The summed E-state index contributed by atoms with van der Waals surface area (Å²) < 4.78 is 11.8. The van der Waals surface area contributed by atoms with Gasteiger partial charge in [-0.1, -0.05) is 6.42 Å². The fraction of sp³-hybridized carbons (Fsp3) is 1.00. The van der Waals surface area contributed by atoms with E-state index in [9.17, 15) is 0 Å². The van der Waals surface area contributed by atoms with Crippen molar-refractivity contribution in [3.8, 4) is 0 Å². The summed E-state index contributed by atoms with van der Waals surface area (Å²) in [6, 6.07) is 1.52. The molecule has 21 heavy (non-hydrogen) atoms. The SMILES string of the molecule is CNCCC1CCCCN1C1CCOC2(CCOCC2)C1. The van der Waals surface area contributed by atoms with Crippen LogP contribution in [0, 0.1) is 0 Å². The summed E-state index contributed by atoms with van der Waals surface area (Å²) in [5, 5.41) is 3.33. The molecular formula is C17H32N2O2. The van der Waals surface area contributed by atoms with E-state index in [0.29, 0.717) is 0 Å². The fourth-order valence-corrected chi connectivity index (χ4v) is 4.50. The van der Waals surface area contributed by atoms with Gasteiger partial charge in [-0.25, -0.2) is 0 Å². The number of rotatable bonds is 4. The van der Waals surface area contributed by atoms with E-state index in [0.717, 1.165) is 51.3 Å². The maximum absolute atomic E-state index is 6.22. The molecule has 4 nitrogen and oxygen atoms in total. The Morgan fingerprint density at radius 1 is 1.14 bits per heavy atom. The van der Waals surface area contributed by atoms with Crippen molar-refractivity contribution in [2.75, 3.05) is 40.0 Å². The molecule has 3 rings (SSSR count). The van der Waals surface area contributed by atoms with Gasteiger partial charge in [-0.05, 0) is 65.1 Å². The van der Waals surface area contributed by atoms with Gasteiger partial charge in [0.2, 0.25) is 0 Å². The minimum atomic E-state index is 0.131. The molecule has 3 saturated heterocycles. The summed E-state index contributed by atoms with van der Waals surface area (Å²) in [4.78, 5) is 2.83. The van der Waals surface area contributed by atoms with E-state index in [1.54, 1.807) is 0 Å². The first-order chi connectivity index (χ1) is 10.3. The Morgan fingerprint density at radius 2 is 2.00 bits per heavy atom. The molecule has 0 bridgehead atoms. The van der Waals surface area contributed by atoms with Gasteiger partial charge >= 0.3 is 0 Å². The third-order valence-electron chi connectivity index (χ3n) is 5.74. The summed E-state index contributed by atoms with van der Waals surface area (Å²) in [7, 11) is 2.07. The van der Waals surface area contributed by atoms with Crippen LogP contribution in [0.2, 0.25) is 0 Å². The molecule has 2 atom stereocenters. The molecule has 0 amide bonds. The van der Waals surface area contributed by atoms with Gasteiger partial charge in [0.25, 0.3) is 0 Å². The largest absolute Gasteiger partial charge is 0.381 e. The molecule has 2 unspecified atom stereocenters. The molecule has 3 aliphatic heterocycles. The monoisotopic (exact) mass is 296 g/mol. The Labute approximate surface area is 129 Å². The summed E-state index contributed by atoms with van der Waals surface area (Å²) in [6.07, 6.45) is 10.1. The topological polar surface area (TPSA) is 33.7 Å². The average Bonchev–Trinajstić information content (AvgIpc) is 2.54. The van der Waals surface area contributed by atoms with Crippen LogP contribution in [0.5, 0.6) is 0 Å². The van der Waals surface area contributed by atoms with Crippen molar-refractivity contribution in [3.05, 3.63) is 0 Å². The zero-order valence-electron chi connectivity index (χ0n) is 13.6. The van der Waals surface area contributed by atoms with Gasteiger partial charge in [-0.15, -0.1) is 0 Å². The van der Waals surface area contributed by atoms with Crippen LogP contribution in [0.3, 0.4) is 0 Å². The fourth-order valence-electron chi connectivity index (χ4n) is 4.50. The number of hydrogen-bond acceptors (Lipinski definition) is 4. The Kier molecular flexibility index (Phi) is 5.54. The first kappa shape index (κ1) is 15.7. The van der Waals surface area contributed by atoms with E-state index >= 15 is 0 Å². The predicted molar refractivity (Wildman–Crippen MR) is 84.6 cm³/mol. The van der Waals surface area contributed by atoms with E-state index < -0.39 is 0 Å². The van der Waals surface area contributed by atoms with Crippen LogP contribution in [0.15, 0.2) is 0 Å². The zero-order chi connectivity index (χ0) is 14.5. The summed E-state index contributed by atoms with van der Waals surface area (Å²) in [5.41, 5.74) is 0.131. The normalized spacial score (nSPS) is 34.1. The van der Waals surface area contributed by atoms with Gasteiger partial charge in [0.05, 0.1) is 5.60 Å². The second-order valence-electron chi connectivity index (χ2n) is 7.07. The van der Waals surface area contributed by atoms with Crippen molar-refractivity contribution < 1.29 is 9.47 Å². The summed E-state index contributed by atoms with van der Waals surface area (Å²) >= 11 is 0. The molecular weight excluding hydrogens is 264 g/mol. The lowest BCUT2D eigenvalue weighted by Crippen LogP contribution is -2.55. The average molecular weight is 296 g/mol. The van der Waals surface area contributed by atoms with Gasteiger partial charge in [0.1, 0.15) is 0 Å². The lowest BCUT2D eigenvalue weighted by Gasteiger charge is -2.49. The van der Waals surface area contributed by atoms with Gasteiger partial charge < -0.3 is 14.8 Å². The number of likely N-dealkylation sites (tertiary alicyclic amines) is 1. The molecule has 3 fully saturated rings. The maximum atomic E-state index is 6.22. The van der Waals surface area contributed by atoms with Gasteiger partial charge in [0, 0.05) is 31.9 Å². The second-order valence-corrected chi connectivity index (χ2v) is 7.07. The molecule has 0 aromatic carbocycles. The van der Waals surface area contributed by atoms with E-state index in [-0.39, 0.29) is 5.60 Å². The van der Waals surface area contributed by atoms with E-state index in [4.69, 9.17) is 9.47 Å². The molecule has 122 valence electrons. The van der Waals surface area contributed by atoms with Crippen LogP contribution in [-0.4, -0.2) is 62.5 Å². The number of nitrogens with zero attached hydrogens (tertiary/aromatic N) is 1. The van der Waals surface area contributed by atoms with Crippen molar-refractivity contribution in [2.45, 2.75) is 69.1 Å². The quantitative estimate of drug-likeness (QED) is 0.862. The Balaban J connectivity index is 1.63. The van der Waals surface area contributed by atoms with Crippen molar-refractivity contribution in [3.63, 3.8) is 0 Å². The highest BCUT2D eigenvalue weighted by Gasteiger charge is 2.42. The third-order valence-corrected chi connectivity index (χ3v) is 5.74. The maximum Gasteiger partial charge on any atom is 0.0741 e. The summed E-state index contributed by atoms with van der Waals surface area (Å²) in [6.45, 7) is 5.15. The third kappa shape index (κ3) is 3.79. The van der Waals surface area contributed by atoms with Crippen molar-refractivity contribution >= 4 is 0 Å². The lowest BCUT2D eigenvalue weighted by molar-refractivity contribution is -0.156. The molecule has 3 aliphatic rings. The smallest absolute Gasteiger partial charge is 0.0741 e. The first-order valence-electron chi connectivity index (χ1n) is 8.95. The Morgan fingerprint density at radius 3 is 2.81 bits per heavy atom. The molecule has 0 radical (unpaired) electrons. The number of piperidine rings is 1. The van der Waals surface area contributed by atoms with E-state index in [1.807, 2.05) is 0 Å². The number of nitrogens with one attached hydrogen (secondary N) is 1. The van der Waals surface area contributed by atoms with Gasteiger partial charge in [-0.3, -0.25) is 4.90 Å². The van der Waals surface area contributed by atoms with Crippen molar-refractivity contribution in [2.24, 2.45) is 0 Å². The highest BCUT2D eigenvalue weighted by atomic mass is 16.5. The molecule has 0 aromatic rings. The highest BCUT2D eigenvalue weighted by Crippen LogP contribution is 2.38. The van der Waals surface area contributed by atoms with Crippen LogP contribution < -0.4 is 5.32 Å². The van der Waals surface area contributed by atoms with E-state index in [2.05, 4.69) is 17.3 Å². The highest BCUT2D eigenvalue weighted by molar-refractivity contribution is 4.94. The molecule has 1 N–H and O–H groups in total. The zero-order valence-corrected chi connectivity index (χ0v) is 13.6. The van der Waals surface area contributed by atoms with Crippen molar-refractivity contribution in [1.82, 2.24) is 10.2 Å². The second kappa shape index (κ2) is 7.40. The van der Waals surface area contributed by atoms with Crippen LogP contribution >= 0.6 is 0 Å². The Hall–Kier alpha value is -0.160. The van der Waals surface area contributed by atoms with E-state index in [1.165, 1.54) is 45.1 Å². The minimum absolute atomic E-state index is 0.131. The molecule has 4 heteroatoms. The van der Waals surface area contributed by atoms with Crippen LogP contribution in [-0.2, 0) is 9.47 Å².